The molecule has 1 aromatic carbocycles. The van der Waals surface area contributed by atoms with E-state index in [1.54, 1.807) is 30.3 Å². The van der Waals surface area contributed by atoms with Crippen LogP contribution in [-0.4, -0.2) is 48.5 Å². The molecule has 0 saturated carbocycles. The van der Waals surface area contributed by atoms with E-state index in [-0.39, 0.29) is 31.1 Å². The van der Waals surface area contributed by atoms with Gasteiger partial charge in [-0.2, -0.15) is 0 Å². The van der Waals surface area contributed by atoms with E-state index < -0.39 is 29.1 Å². The van der Waals surface area contributed by atoms with Crippen molar-refractivity contribution in [3.05, 3.63) is 59.4 Å². The number of H-pyrrole nitrogens is 1. The second-order valence-corrected chi connectivity index (χ2v) is 5.87. The minimum atomic E-state index is -2.61. The molecule has 2 aromatic rings. The Hall–Kier alpha value is -3.42. The first-order valence-corrected chi connectivity index (χ1v) is 9.24. The van der Waals surface area contributed by atoms with Crippen LogP contribution >= 0.6 is 0 Å². The second-order valence-electron chi connectivity index (χ2n) is 5.87. The fourth-order valence-corrected chi connectivity index (χ4v) is 2.89. The van der Waals surface area contributed by atoms with Crippen molar-refractivity contribution in [2.45, 2.75) is 26.2 Å². The van der Waals surface area contributed by atoms with Gasteiger partial charge >= 0.3 is 23.3 Å². The summed E-state index contributed by atoms with van der Waals surface area (Å²) in [5.41, 5.74) is -2.57. The topological polar surface area (TPSA) is 112 Å². The lowest BCUT2D eigenvalue weighted by Crippen LogP contribution is -2.54. The summed E-state index contributed by atoms with van der Waals surface area (Å²) in [5, 5.41) is 0. The first kappa shape index (κ1) is 21.9. The van der Waals surface area contributed by atoms with Gasteiger partial charge in [-0.15, -0.1) is 0 Å². The lowest BCUT2D eigenvalue weighted by molar-refractivity contribution is -0.175. The molecule has 154 valence electrons. The van der Waals surface area contributed by atoms with E-state index in [0.717, 1.165) is 0 Å². The number of hydrogen-bond donors (Lipinski definition) is 1. The third kappa shape index (κ3) is 4.06. The number of aromatic amines is 1. The van der Waals surface area contributed by atoms with E-state index in [1.165, 1.54) is 33.0 Å². The molecular weight excluding hydrogens is 378 g/mol. The fourth-order valence-electron chi connectivity index (χ4n) is 2.89. The first-order chi connectivity index (χ1) is 13.9. The van der Waals surface area contributed by atoms with Crippen LogP contribution in [-0.2, 0) is 34.0 Å². The molecule has 0 spiro atoms. The number of hydrogen-bond acceptors (Lipinski definition) is 7. The molecule has 0 bridgehead atoms. The lowest BCUT2D eigenvalue weighted by Gasteiger charge is -2.27. The van der Waals surface area contributed by atoms with E-state index in [2.05, 4.69) is 4.98 Å². The van der Waals surface area contributed by atoms with Gasteiger partial charge in [0.15, 0.2) is 5.78 Å². The van der Waals surface area contributed by atoms with Crippen LogP contribution in [0.2, 0.25) is 0 Å². The van der Waals surface area contributed by atoms with Gasteiger partial charge in [-0.25, -0.2) is 14.4 Å². The third-order valence-corrected chi connectivity index (χ3v) is 4.15. The Morgan fingerprint density at radius 1 is 0.793 bits per heavy atom. The van der Waals surface area contributed by atoms with Gasteiger partial charge in [0.2, 0.25) is 0 Å². The minimum Gasteiger partial charge on any atom is -0.464 e. The molecule has 1 aromatic heterocycles. The number of ketones is 1. The monoisotopic (exact) mass is 401 g/mol. The fraction of sp³-hybridized carbons (Fsp3) is 0.333. The first-order valence-electron chi connectivity index (χ1n) is 9.24. The van der Waals surface area contributed by atoms with Crippen LogP contribution < -0.4 is 0 Å². The summed E-state index contributed by atoms with van der Waals surface area (Å²) in [7, 11) is 0. The Balaban J connectivity index is 2.74. The molecule has 0 aliphatic rings. The highest BCUT2D eigenvalue weighted by atomic mass is 16.6. The standard InChI is InChI=1S/C21H23NO7/c1-4-27-18(24)21(19(25)28-5-2,20(26)29-6-3)17-15(12-13-22-17)16(23)14-10-8-7-9-11-14/h7-13,22H,4-6H2,1-3H3. The number of rotatable bonds is 9. The highest BCUT2D eigenvalue weighted by Crippen LogP contribution is 2.33. The number of esters is 3. The molecular formula is C21H23NO7. The van der Waals surface area contributed by atoms with Gasteiger partial charge in [0.05, 0.1) is 25.5 Å². The number of ether oxygens (including phenoxy) is 3. The number of nitrogens with one attached hydrogen (secondary N) is 1. The summed E-state index contributed by atoms with van der Waals surface area (Å²) >= 11 is 0. The minimum absolute atomic E-state index is 0.0367. The maximum absolute atomic E-state index is 13.0. The molecule has 0 amide bonds. The molecule has 0 atom stereocenters. The molecule has 0 fully saturated rings. The summed E-state index contributed by atoms with van der Waals surface area (Å²) in [5.74, 6) is -4.02. The predicted molar refractivity (Wildman–Crippen MR) is 102 cm³/mol. The average molecular weight is 401 g/mol. The third-order valence-electron chi connectivity index (χ3n) is 4.15. The molecule has 0 saturated heterocycles. The van der Waals surface area contributed by atoms with Crippen molar-refractivity contribution in [2.24, 2.45) is 0 Å². The SMILES string of the molecule is CCOC(=O)C(C(=O)OCC)(C(=O)OCC)c1[nH]ccc1C(=O)c1ccccc1. The summed E-state index contributed by atoms with van der Waals surface area (Å²) in [6, 6.07) is 9.65. The largest absolute Gasteiger partial charge is 0.464 e. The summed E-state index contributed by atoms with van der Waals surface area (Å²) in [6.07, 6.45) is 1.36. The van der Waals surface area contributed by atoms with Crippen LogP contribution in [0.25, 0.3) is 0 Å². The average Bonchev–Trinajstić information content (AvgIpc) is 3.19. The smallest absolute Gasteiger partial charge is 0.341 e. The number of benzene rings is 1. The molecule has 8 heteroatoms. The van der Waals surface area contributed by atoms with Crippen molar-refractivity contribution < 1.29 is 33.4 Å². The number of aromatic nitrogens is 1. The molecule has 0 unspecified atom stereocenters. The van der Waals surface area contributed by atoms with Gasteiger partial charge in [-0.05, 0) is 26.8 Å². The predicted octanol–water partition coefficient (Wildman–Crippen LogP) is 2.17. The van der Waals surface area contributed by atoms with Gasteiger partial charge in [-0.3, -0.25) is 4.79 Å². The Kier molecular flexibility index (Phi) is 7.30. The van der Waals surface area contributed by atoms with Gasteiger partial charge in [0.25, 0.3) is 0 Å². The van der Waals surface area contributed by atoms with Crippen LogP contribution in [0.15, 0.2) is 42.6 Å². The maximum Gasteiger partial charge on any atom is 0.341 e. The van der Waals surface area contributed by atoms with Gasteiger partial charge in [-0.1, -0.05) is 30.3 Å². The molecule has 29 heavy (non-hydrogen) atoms. The number of carbonyl (C=O) groups is 4. The molecule has 2 rings (SSSR count). The molecule has 8 nitrogen and oxygen atoms in total. The molecule has 1 N–H and O–H groups in total. The normalized spacial score (nSPS) is 10.9. The zero-order chi connectivity index (χ0) is 21.4. The molecule has 0 aliphatic carbocycles. The number of carbonyl (C=O) groups excluding carboxylic acids is 4. The summed E-state index contributed by atoms with van der Waals surface area (Å²) < 4.78 is 15.1. The van der Waals surface area contributed by atoms with Gasteiger partial charge < -0.3 is 19.2 Å². The Morgan fingerprint density at radius 2 is 1.28 bits per heavy atom. The van der Waals surface area contributed by atoms with Crippen molar-refractivity contribution in [3.8, 4) is 0 Å². The highest BCUT2D eigenvalue weighted by Gasteiger charge is 2.61. The van der Waals surface area contributed by atoms with Crippen molar-refractivity contribution >= 4 is 23.7 Å². The molecule has 1 heterocycles. The van der Waals surface area contributed by atoms with E-state index >= 15 is 0 Å². The van der Waals surface area contributed by atoms with Crippen LogP contribution in [0, 0.1) is 0 Å². The quantitative estimate of drug-likeness (QED) is 0.297. The van der Waals surface area contributed by atoms with E-state index in [9.17, 15) is 19.2 Å². The van der Waals surface area contributed by atoms with Crippen molar-refractivity contribution in [1.82, 2.24) is 4.98 Å². The van der Waals surface area contributed by atoms with Gasteiger partial charge in [0, 0.05) is 17.3 Å². The highest BCUT2D eigenvalue weighted by molar-refractivity contribution is 6.25. The van der Waals surface area contributed by atoms with Crippen LogP contribution in [0.3, 0.4) is 0 Å². The Labute approximate surface area is 168 Å². The Morgan fingerprint density at radius 3 is 1.72 bits per heavy atom. The van der Waals surface area contributed by atoms with Crippen LogP contribution in [0.5, 0.6) is 0 Å². The van der Waals surface area contributed by atoms with Crippen LogP contribution in [0.4, 0.5) is 0 Å². The van der Waals surface area contributed by atoms with E-state index in [1.807, 2.05) is 0 Å². The van der Waals surface area contributed by atoms with Crippen molar-refractivity contribution in [3.63, 3.8) is 0 Å². The summed E-state index contributed by atoms with van der Waals surface area (Å²) in [6.45, 7) is 4.31. The molecule has 0 radical (unpaired) electrons. The van der Waals surface area contributed by atoms with Crippen molar-refractivity contribution in [2.75, 3.05) is 19.8 Å². The van der Waals surface area contributed by atoms with Crippen molar-refractivity contribution in [1.29, 1.82) is 0 Å². The Bertz CT molecular complexity index is 840. The summed E-state index contributed by atoms with van der Waals surface area (Å²) in [4.78, 5) is 54.6. The second kappa shape index (κ2) is 9.68. The zero-order valence-corrected chi connectivity index (χ0v) is 16.5. The maximum atomic E-state index is 13.0. The molecule has 0 aliphatic heterocycles. The van der Waals surface area contributed by atoms with E-state index in [4.69, 9.17) is 14.2 Å². The zero-order valence-electron chi connectivity index (χ0n) is 16.5. The van der Waals surface area contributed by atoms with E-state index in [0.29, 0.717) is 5.56 Å². The lowest BCUT2D eigenvalue weighted by atomic mass is 9.81. The van der Waals surface area contributed by atoms with Gasteiger partial charge in [0.1, 0.15) is 0 Å². The van der Waals surface area contributed by atoms with Crippen LogP contribution in [0.1, 0.15) is 42.4 Å².